The van der Waals surface area contributed by atoms with E-state index in [1.165, 1.54) is 18.2 Å². The van der Waals surface area contributed by atoms with Crippen LogP contribution >= 0.6 is 0 Å². The molecule has 0 bridgehead atoms. The fraction of sp³-hybridized carbons (Fsp3) is 0.300. The topological polar surface area (TPSA) is 104 Å². The Bertz CT molecular complexity index is 911. The predicted molar refractivity (Wildman–Crippen MR) is 104 cm³/mol. The van der Waals surface area contributed by atoms with Gasteiger partial charge in [0.25, 0.3) is 0 Å². The number of aromatic nitrogens is 2. The van der Waals surface area contributed by atoms with Crippen molar-refractivity contribution in [3.8, 4) is 22.9 Å². The number of phenolic OH excluding ortho intramolecular Hbond substituents is 2. The van der Waals surface area contributed by atoms with Crippen molar-refractivity contribution in [1.82, 2.24) is 9.97 Å². The van der Waals surface area contributed by atoms with Gasteiger partial charge < -0.3 is 21.3 Å². The number of hydrogen-bond donors (Lipinski definition) is 4. The van der Waals surface area contributed by atoms with Crippen LogP contribution in [0.1, 0.15) is 20.3 Å². The highest BCUT2D eigenvalue weighted by Gasteiger charge is 2.14. The van der Waals surface area contributed by atoms with Crippen LogP contribution in [0.15, 0.2) is 42.5 Å². The predicted octanol–water partition coefficient (Wildman–Crippen LogP) is 3.49. The molecule has 0 radical (unpaired) electrons. The Morgan fingerprint density at radius 1 is 1.08 bits per heavy atom. The van der Waals surface area contributed by atoms with Gasteiger partial charge in [-0.3, -0.25) is 0 Å². The first-order chi connectivity index (χ1) is 12.4. The second-order valence-corrected chi connectivity index (χ2v) is 6.88. The van der Waals surface area contributed by atoms with Crippen molar-refractivity contribution in [1.29, 1.82) is 0 Å². The van der Waals surface area contributed by atoms with E-state index >= 15 is 0 Å². The SMILES string of the molecule is CC(C)C[C@@H](N)CNc1nc(-c2cc(O)ccc2O)nc2ccccc12. The summed E-state index contributed by atoms with van der Waals surface area (Å²) in [4.78, 5) is 9.11. The third kappa shape index (κ3) is 4.03. The Balaban J connectivity index is 2.00. The van der Waals surface area contributed by atoms with Gasteiger partial charge in [-0.2, -0.15) is 0 Å². The summed E-state index contributed by atoms with van der Waals surface area (Å²) in [5, 5.41) is 24.1. The van der Waals surface area contributed by atoms with Crippen LogP contribution in [0, 0.1) is 5.92 Å². The van der Waals surface area contributed by atoms with E-state index in [9.17, 15) is 10.2 Å². The second-order valence-electron chi connectivity index (χ2n) is 6.88. The van der Waals surface area contributed by atoms with Gasteiger partial charge in [0.15, 0.2) is 5.82 Å². The number of anilines is 1. The van der Waals surface area contributed by atoms with Gasteiger partial charge in [0.1, 0.15) is 17.3 Å². The van der Waals surface area contributed by atoms with E-state index in [0.717, 1.165) is 17.3 Å². The summed E-state index contributed by atoms with van der Waals surface area (Å²) >= 11 is 0. The lowest BCUT2D eigenvalue weighted by atomic mass is 10.0. The Kier molecular flexibility index (Phi) is 5.23. The van der Waals surface area contributed by atoms with Crippen molar-refractivity contribution in [2.24, 2.45) is 11.7 Å². The molecule has 0 amide bonds. The number of phenols is 2. The molecule has 0 aliphatic heterocycles. The lowest BCUT2D eigenvalue weighted by molar-refractivity contribution is 0.461. The van der Waals surface area contributed by atoms with Gasteiger partial charge in [-0.15, -0.1) is 0 Å². The quantitative estimate of drug-likeness (QED) is 0.506. The highest BCUT2D eigenvalue weighted by molar-refractivity contribution is 5.91. The zero-order valence-electron chi connectivity index (χ0n) is 15.0. The molecule has 0 unspecified atom stereocenters. The molecule has 2 aromatic carbocycles. The van der Waals surface area contributed by atoms with E-state index in [1.807, 2.05) is 24.3 Å². The normalized spacial score (nSPS) is 12.5. The van der Waals surface area contributed by atoms with Gasteiger partial charge in [0.05, 0.1) is 11.1 Å². The fourth-order valence-electron chi connectivity index (χ4n) is 2.95. The number of hydrogen-bond acceptors (Lipinski definition) is 6. The van der Waals surface area contributed by atoms with Crippen molar-refractivity contribution in [2.45, 2.75) is 26.3 Å². The third-order valence-corrected chi connectivity index (χ3v) is 4.13. The summed E-state index contributed by atoms with van der Waals surface area (Å²) in [6.45, 7) is 4.87. The maximum absolute atomic E-state index is 10.1. The molecule has 0 saturated carbocycles. The summed E-state index contributed by atoms with van der Waals surface area (Å²) < 4.78 is 0. The Hall–Kier alpha value is -2.86. The lowest BCUT2D eigenvalue weighted by Crippen LogP contribution is -2.30. The number of fused-ring (bicyclic) bond motifs is 1. The van der Waals surface area contributed by atoms with E-state index < -0.39 is 0 Å². The summed E-state index contributed by atoms with van der Waals surface area (Å²) in [6, 6.07) is 12.0. The number of nitrogens with one attached hydrogen (secondary N) is 1. The number of benzene rings is 2. The molecule has 26 heavy (non-hydrogen) atoms. The molecule has 5 N–H and O–H groups in total. The van der Waals surface area contributed by atoms with E-state index in [2.05, 4.69) is 29.1 Å². The minimum absolute atomic E-state index is 0.0144. The molecule has 1 heterocycles. The minimum atomic E-state index is 0.0144. The molecule has 0 fully saturated rings. The zero-order valence-corrected chi connectivity index (χ0v) is 15.0. The number of aromatic hydroxyl groups is 2. The molecule has 0 aliphatic carbocycles. The largest absolute Gasteiger partial charge is 0.508 e. The van der Waals surface area contributed by atoms with Gasteiger partial charge >= 0.3 is 0 Å². The van der Waals surface area contributed by atoms with E-state index in [4.69, 9.17) is 5.73 Å². The minimum Gasteiger partial charge on any atom is -0.508 e. The smallest absolute Gasteiger partial charge is 0.166 e. The highest BCUT2D eigenvalue weighted by Crippen LogP contribution is 2.32. The van der Waals surface area contributed by atoms with Crippen molar-refractivity contribution in [2.75, 3.05) is 11.9 Å². The van der Waals surface area contributed by atoms with Gasteiger partial charge in [0.2, 0.25) is 0 Å². The maximum atomic E-state index is 10.1. The summed E-state index contributed by atoms with van der Waals surface area (Å²) in [5.41, 5.74) is 7.31. The molecule has 0 saturated heterocycles. The number of rotatable bonds is 6. The Morgan fingerprint density at radius 2 is 1.85 bits per heavy atom. The molecule has 1 atom stereocenters. The Morgan fingerprint density at radius 3 is 2.62 bits per heavy atom. The summed E-state index contributed by atoms with van der Waals surface area (Å²) in [6.07, 6.45) is 0.913. The van der Waals surface area contributed by atoms with E-state index in [-0.39, 0.29) is 17.5 Å². The molecule has 6 heteroatoms. The monoisotopic (exact) mass is 352 g/mol. The second kappa shape index (κ2) is 7.58. The first-order valence-electron chi connectivity index (χ1n) is 8.72. The standard InChI is InChI=1S/C20H24N4O2/c1-12(2)9-13(21)11-22-19-15-5-3-4-6-17(15)23-20(24-19)16-10-14(25)7-8-18(16)26/h3-8,10,12-13,25-26H,9,11,21H2,1-2H3,(H,22,23,24)/t13-/m1/s1. The van der Waals surface area contributed by atoms with E-state index in [1.54, 1.807) is 0 Å². The first-order valence-corrected chi connectivity index (χ1v) is 8.72. The fourth-order valence-corrected chi connectivity index (χ4v) is 2.95. The van der Waals surface area contributed by atoms with Crippen LogP contribution in [0.2, 0.25) is 0 Å². The molecule has 1 aromatic heterocycles. The molecule has 6 nitrogen and oxygen atoms in total. The molecule has 0 spiro atoms. The first kappa shape index (κ1) is 17.9. The number of nitrogens with two attached hydrogens (primary N) is 1. The lowest BCUT2D eigenvalue weighted by Gasteiger charge is -2.17. The summed E-state index contributed by atoms with van der Waals surface area (Å²) in [7, 11) is 0. The van der Waals surface area contributed by atoms with E-state index in [0.29, 0.717) is 29.7 Å². The average molecular weight is 352 g/mol. The van der Waals surface area contributed by atoms with Crippen LogP contribution in [0.4, 0.5) is 5.82 Å². The molecular weight excluding hydrogens is 328 g/mol. The van der Waals surface area contributed by atoms with Gasteiger partial charge in [0, 0.05) is 18.0 Å². The van der Waals surface area contributed by atoms with Crippen molar-refractivity contribution >= 4 is 16.7 Å². The van der Waals surface area contributed by atoms with Crippen molar-refractivity contribution in [3.05, 3.63) is 42.5 Å². The molecule has 0 aliphatic rings. The summed E-state index contributed by atoms with van der Waals surface area (Å²) in [5.74, 6) is 1.59. The van der Waals surface area contributed by atoms with Crippen LogP contribution in [0.25, 0.3) is 22.3 Å². The molecule has 3 rings (SSSR count). The highest BCUT2D eigenvalue weighted by atomic mass is 16.3. The van der Waals surface area contributed by atoms with Crippen molar-refractivity contribution < 1.29 is 10.2 Å². The van der Waals surface area contributed by atoms with Crippen LogP contribution in [0.5, 0.6) is 11.5 Å². The molecule has 136 valence electrons. The molecule has 3 aromatic rings. The van der Waals surface area contributed by atoms with Crippen LogP contribution in [-0.2, 0) is 0 Å². The zero-order chi connectivity index (χ0) is 18.7. The third-order valence-electron chi connectivity index (χ3n) is 4.13. The average Bonchev–Trinajstić information content (AvgIpc) is 2.61. The molecular formula is C20H24N4O2. The van der Waals surface area contributed by atoms with Gasteiger partial charge in [-0.1, -0.05) is 26.0 Å². The number of nitrogens with zero attached hydrogens (tertiary/aromatic N) is 2. The van der Waals surface area contributed by atoms with Gasteiger partial charge in [-0.05, 0) is 42.7 Å². The Labute approximate surface area is 152 Å². The number of para-hydroxylation sites is 1. The van der Waals surface area contributed by atoms with Crippen LogP contribution < -0.4 is 11.1 Å². The van der Waals surface area contributed by atoms with Crippen LogP contribution in [-0.4, -0.2) is 32.8 Å². The maximum Gasteiger partial charge on any atom is 0.166 e. The van der Waals surface area contributed by atoms with Crippen molar-refractivity contribution in [3.63, 3.8) is 0 Å². The van der Waals surface area contributed by atoms with Gasteiger partial charge in [-0.25, -0.2) is 9.97 Å². The van der Waals surface area contributed by atoms with Crippen LogP contribution in [0.3, 0.4) is 0 Å².